The van der Waals surface area contributed by atoms with Crippen LogP contribution in [0.15, 0.2) is 95.8 Å². The third-order valence-electron chi connectivity index (χ3n) is 10.1. The number of benzene rings is 6. The van der Waals surface area contributed by atoms with E-state index in [1.54, 1.807) is 54.6 Å². The molecule has 60 heavy (non-hydrogen) atoms. The number of nitro groups is 1. The standard InChI is InChI=1S/C24H27N5O2.C21H19N5O3/c1-28(2)13-12-25-24(31)17-6-5-7-19-23(17)27-22-16-9-11-21(30)18(14-29(3)4)15(16)8-10-20(22)26-19;1-25(2)12-11-22-21(27)15-6-3-7-16-20(15)24-19-14-5-4-8-18(26(28)29)13(14)9-10-17(19)23-16/h5-11,27H,12-14H2,1-4H3,(H,25,31);3-10H,11-12H2,1-2H3,(H,22,27). The summed E-state index contributed by atoms with van der Waals surface area (Å²) in [4.78, 5) is 72.6. The van der Waals surface area contributed by atoms with Crippen molar-refractivity contribution in [1.29, 1.82) is 0 Å². The molecule has 8 rings (SSSR count). The number of para-hydroxylation sites is 2. The van der Waals surface area contributed by atoms with E-state index in [0.29, 0.717) is 69.1 Å². The fourth-order valence-corrected chi connectivity index (χ4v) is 7.17. The fourth-order valence-electron chi connectivity index (χ4n) is 7.17. The van der Waals surface area contributed by atoms with Crippen molar-refractivity contribution in [1.82, 2.24) is 45.3 Å². The second kappa shape index (κ2) is 17.5. The maximum atomic E-state index is 12.8. The Kier molecular flexibility index (Phi) is 12.0. The lowest BCUT2D eigenvalue weighted by Crippen LogP contribution is -2.31. The monoisotopic (exact) mass is 806 g/mol. The Hall–Kier alpha value is -6.94. The summed E-state index contributed by atoms with van der Waals surface area (Å²) in [7, 11) is 11.7. The highest BCUT2D eigenvalue weighted by molar-refractivity contribution is 6.12. The third-order valence-corrected chi connectivity index (χ3v) is 10.1. The number of likely N-dealkylation sites (N-methyl/N-ethyl adjacent to an activating group) is 2. The van der Waals surface area contributed by atoms with E-state index in [4.69, 9.17) is 9.97 Å². The van der Waals surface area contributed by atoms with Gasteiger partial charge in [-0.3, -0.25) is 24.5 Å². The van der Waals surface area contributed by atoms with E-state index in [9.17, 15) is 24.5 Å². The van der Waals surface area contributed by atoms with Crippen LogP contribution in [0.2, 0.25) is 0 Å². The molecule has 8 aromatic rings. The molecule has 0 radical (unpaired) electrons. The summed E-state index contributed by atoms with van der Waals surface area (Å²) in [5.74, 6) is -0.363. The first-order valence-electron chi connectivity index (χ1n) is 19.4. The molecule has 0 unspecified atom stereocenters. The molecule has 6 aromatic carbocycles. The average Bonchev–Trinajstić information content (AvgIpc) is 3.22. The van der Waals surface area contributed by atoms with Gasteiger partial charge in [0.2, 0.25) is 0 Å². The van der Waals surface area contributed by atoms with Gasteiger partial charge in [-0.05, 0) is 102 Å². The minimum Gasteiger partial charge on any atom is -0.351 e. The van der Waals surface area contributed by atoms with Crippen LogP contribution >= 0.6 is 0 Å². The Labute approximate surface area is 345 Å². The van der Waals surface area contributed by atoms with Crippen molar-refractivity contribution in [2.45, 2.75) is 6.54 Å². The minimum absolute atomic E-state index is 0.0148. The first kappa shape index (κ1) is 41.2. The number of nitro benzene ring substituents is 1. The van der Waals surface area contributed by atoms with E-state index in [2.05, 4.69) is 20.6 Å². The van der Waals surface area contributed by atoms with E-state index in [0.717, 1.165) is 46.0 Å². The van der Waals surface area contributed by atoms with Gasteiger partial charge < -0.3 is 30.3 Å². The second-order valence-corrected chi connectivity index (χ2v) is 15.3. The Morgan fingerprint density at radius 3 is 1.85 bits per heavy atom. The van der Waals surface area contributed by atoms with Crippen molar-refractivity contribution < 1.29 is 14.5 Å². The van der Waals surface area contributed by atoms with Crippen molar-refractivity contribution in [3.8, 4) is 0 Å². The number of aromatic amines is 1. The van der Waals surface area contributed by atoms with Crippen LogP contribution in [0.4, 0.5) is 5.69 Å². The lowest BCUT2D eigenvalue weighted by atomic mass is 10.0. The van der Waals surface area contributed by atoms with E-state index >= 15 is 0 Å². The number of hydrogen-bond donors (Lipinski definition) is 3. The van der Waals surface area contributed by atoms with Crippen LogP contribution in [0.25, 0.3) is 65.7 Å². The van der Waals surface area contributed by atoms with Gasteiger partial charge in [0.15, 0.2) is 5.43 Å². The number of non-ortho nitro benzene ring substituents is 1. The summed E-state index contributed by atoms with van der Waals surface area (Å²) in [5, 5.41) is 20.2. The van der Waals surface area contributed by atoms with Gasteiger partial charge in [0, 0.05) is 55.1 Å². The SMILES string of the molecule is CN(C)CCNC(=O)c1cccc2nc3ccc4c(CN(C)C)c(=O)ccc4c3[nH]c12.CN(C)CCNC(=O)c1cccc2nc3ccc4c([N+](=O)[O-])cccc4c3nc12. The second-order valence-electron chi connectivity index (χ2n) is 15.3. The maximum Gasteiger partial charge on any atom is 0.277 e. The van der Waals surface area contributed by atoms with Crippen LogP contribution < -0.4 is 16.1 Å². The van der Waals surface area contributed by atoms with Gasteiger partial charge in [-0.2, -0.15) is 0 Å². The van der Waals surface area contributed by atoms with Crippen molar-refractivity contribution in [3.05, 3.63) is 128 Å². The van der Waals surface area contributed by atoms with Crippen LogP contribution in [-0.2, 0) is 6.54 Å². The Morgan fingerprint density at radius 1 is 0.600 bits per heavy atom. The highest BCUT2D eigenvalue weighted by Gasteiger charge is 2.18. The lowest BCUT2D eigenvalue weighted by Gasteiger charge is -2.14. The number of aromatic nitrogens is 4. The molecule has 0 bridgehead atoms. The summed E-state index contributed by atoms with van der Waals surface area (Å²) < 4.78 is 0. The molecule has 15 heteroatoms. The molecule has 2 amide bonds. The van der Waals surface area contributed by atoms with Crippen molar-refractivity contribution in [2.24, 2.45) is 0 Å². The summed E-state index contributed by atoms with van der Waals surface area (Å²) in [6.45, 7) is 3.12. The van der Waals surface area contributed by atoms with E-state index in [-0.39, 0.29) is 22.9 Å². The number of amides is 2. The fraction of sp³-hybridized carbons (Fsp3) is 0.244. The molecule has 0 saturated carbocycles. The molecule has 3 N–H and O–H groups in total. The summed E-state index contributed by atoms with van der Waals surface area (Å²) in [6, 6.07) is 26.4. The molecule has 0 aliphatic rings. The molecule has 15 nitrogen and oxygen atoms in total. The number of nitrogens with one attached hydrogen (secondary N) is 3. The Bertz CT molecular complexity index is 3020. The number of fused-ring (bicyclic) bond motifs is 8. The van der Waals surface area contributed by atoms with Gasteiger partial charge in [-0.25, -0.2) is 15.0 Å². The van der Waals surface area contributed by atoms with E-state index in [1.807, 2.05) is 87.3 Å². The predicted octanol–water partition coefficient (Wildman–Crippen LogP) is 5.72. The van der Waals surface area contributed by atoms with Crippen molar-refractivity contribution in [2.75, 3.05) is 68.5 Å². The largest absolute Gasteiger partial charge is 0.351 e. The van der Waals surface area contributed by atoms with Crippen LogP contribution in [-0.4, -0.2) is 120 Å². The summed E-state index contributed by atoms with van der Waals surface area (Å²) in [5.41, 5.74) is 7.02. The zero-order chi connectivity index (χ0) is 42.7. The number of carbonyl (C=O) groups excluding carboxylic acids is 2. The molecular weight excluding hydrogens is 761 g/mol. The molecule has 0 fully saturated rings. The summed E-state index contributed by atoms with van der Waals surface area (Å²) in [6.07, 6.45) is 0. The van der Waals surface area contributed by atoms with Crippen molar-refractivity contribution in [3.63, 3.8) is 0 Å². The van der Waals surface area contributed by atoms with E-state index in [1.165, 1.54) is 6.07 Å². The molecule has 0 spiro atoms. The lowest BCUT2D eigenvalue weighted by molar-refractivity contribution is -0.383. The van der Waals surface area contributed by atoms with Crippen LogP contribution in [0.3, 0.4) is 0 Å². The van der Waals surface area contributed by atoms with Gasteiger partial charge in [-0.15, -0.1) is 0 Å². The molecule has 0 aliphatic carbocycles. The molecule has 2 aromatic heterocycles. The van der Waals surface area contributed by atoms with Crippen molar-refractivity contribution >= 4 is 83.2 Å². The first-order valence-corrected chi connectivity index (χ1v) is 19.4. The van der Waals surface area contributed by atoms with Gasteiger partial charge in [0.05, 0.1) is 60.1 Å². The minimum atomic E-state index is -0.410. The smallest absolute Gasteiger partial charge is 0.277 e. The normalized spacial score (nSPS) is 11.6. The van der Waals surface area contributed by atoms with Gasteiger partial charge in [0.25, 0.3) is 17.5 Å². The quantitative estimate of drug-likeness (QED) is 0.0630. The third kappa shape index (κ3) is 8.59. The first-order chi connectivity index (χ1) is 28.8. The molecule has 0 atom stereocenters. The highest BCUT2D eigenvalue weighted by Crippen LogP contribution is 2.32. The molecule has 306 valence electrons. The van der Waals surface area contributed by atoms with Crippen LogP contribution in [0.5, 0.6) is 0 Å². The number of hydrogen-bond acceptors (Lipinski definition) is 11. The Morgan fingerprint density at radius 2 is 1.17 bits per heavy atom. The zero-order valence-electron chi connectivity index (χ0n) is 34.4. The van der Waals surface area contributed by atoms with Crippen LogP contribution in [0.1, 0.15) is 26.3 Å². The highest BCUT2D eigenvalue weighted by atomic mass is 16.6. The molecule has 0 aliphatic heterocycles. The topological polar surface area (TPSA) is 183 Å². The predicted molar refractivity (Wildman–Crippen MR) is 238 cm³/mol. The van der Waals surface area contributed by atoms with Gasteiger partial charge in [0.1, 0.15) is 5.52 Å². The van der Waals surface area contributed by atoms with Crippen LogP contribution in [0, 0.1) is 10.1 Å². The molecule has 2 heterocycles. The Balaban J connectivity index is 0.000000182. The average molecular weight is 807 g/mol. The maximum absolute atomic E-state index is 12.8. The summed E-state index contributed by atoms with van der Waals surface area (Å²) >= 11 is 0. The van der Waals surface area contributed by atoms with Gasteiger partial charge >= 0.3 is 0 Å². The van der Waals surface area contributed by atoms with Gasteiger partial charge in [-0.1, -0.05) is 30.3 Å². The molecular formula is C45H46N10O5. The van der Waals surface area contributed by atoms with E-state index < -0.39 is 4.92 Å². The zero-order valence-corrected chi connectivity index (χ0v) is 34.4. The number of rotatable bonds is 11. The number of carbonyl (C=O) groups is 2. The molecule has 0 saturated heterocycles. The number of nitrogens with zero attached hydrogens (tertiary/aromatic N) is 7. The number of H-pyrrole nitrogens is 1.